The number of hydrogen-bond acceptors (Lipinski definition) is 12. The summed E-state index contributed by atoms with van der Waals surface area (Å²) in [6.45, 7) is 6.83. The van der Waals surface area contributed by atoms with Crippen LogP contribution in [0.2, 0.25) is 0 Å². The van der Waals surface area contributed by atoms with Crippen molar-refractivity contribution >= 4 is 29.8 Å². The Morgan fingerprint density at radius 3 is 1.94 bits per heavy atom. The average Bonchev–Trinajstić information content (AvgIpc) is 2.74. The first-order valence-corrected chi connectivity index (χ1v) is 11.3. The number of hydrogen-bond donors (Lipinski definition) is 1. The summed E-state index contributed by atoms with van der Waals surface area (Å²) in [5.41, 5.74) is 0. The zero-order chi connectivity index (χ0) is 26.4. The van der Waals surface area contributed by atoms with Crippen LogP contribution in [0.1, 0.15) is 47.5 Å². The van der Waals surface area contributed by atoms with Crippen molar-refractivity contribution in [3.05, 3.63) is 0 Å². The minimum absolute atomic E-state index is 0.0172. The van der Waals surface area contributed by atoms with E-state index in [1.807, 2.05) is 6.92 Å². The molecule has 1 aliphatic heterocycles. The van der Waals surface area contributed by atoms with E-state index in [1.54, 1.807) is 0 Å². The molecule has 0 aromatic carbocycles. The topological polar surface area (TPSA) is 162 Å². The molecule has 1 heterocycles. The zero-order valence-electron chi connectivity index (χ0n) is 20.7. The molecule has 1 aliphatic rings. The van der Waals surface area contributed by atoms with Crippen LogP contribution in [0.3, 0.4) is 0 Å². The molecular formula is C22H35NO12. The Bertz CT molecular complexity index is 727. The standard InChI is InChI=1S/C22H35NO12/c1-6-7-18(28)23-8-9-29-10-11-30-22-21(34-16(5)27)20(33-15(4)26)19(32-14(3)25)17(35-22)12-31-13(2)24/h17,19-22H,6-12H2,1-5H3,(H,23,28)/t17-,19-,20+,21-,22-/m1/s1. The van der Waals surface area contributed by atoms with Gasteiger partial charge < -0.3 is 38.5 Å². The molecule has 13 nitrogen and oxygen atoms in total. The summed E-state index contributed by atoms with van der Waals surface area (Å²) in [5, 5.41) is 2.71. The third-order valence-corrected chi connectivity index (χ3v) is 4.50. The summed E-state index contributed by atoms with van der Waals surface area (Å²) in [6, 6.07) is 0. The van der Waals surface area contributed by atoms with Crippen molar-refractivity contribution in [3.8, 4) is 0 Å². The lowest BCUT2D eigenvalue weighted by atomic mass is 9.98. The van der Waals surface area contributed by atoms with Gasteiger partial charge in [0.15, 0.2) is 24.6 Å². The fourth-order valence-electron chi connectivity index (χ4n) is 3.23. The van der Waals surface area contributed by atoms with Gasteiger partial charge in [-0.2, -0.15) is 0 Å². The fraction of sp³-hybridized carbons (Fsp3) is 0.773. The van der Waals surface area contributed by atoms with Crippen molar-refractivity contribution in [2.45, 2.75) is 78.2 Å². The molecule has 0 aliphatic carbocycles. The average molecular weight is 506 g/mol. The Kier molecular flexibility index (Phi) is 13.8. The summed E-state index contributed by atoms with van der Waals surface area (Å²) >= 11 is 0. The van der Waals surface area contributed by atoms with Gasteiger partial charge in [0.05, 0.1) is 19.8 Å². The van der Waals surface area contributed by atoms with Gasteiger partial charge in [-0.3, -0.25) is 24.0 Å². The van der Waals surface area contributed by atoms with Gasteiger partial charge in [-0.05, 0) is 6.42 Å². The van der Waals surface area contributed by atoms with E-state index in [1.165, 1.54) is 6.92 Å². The molecule has 13 heteroatoms. The van der Waals surface area contributed by atoms with Gasteiger partial charge in [-0.15, -0.1) is 0 Å². The second-order valence-corrected chi connectivity index (χ2v) is 7.65. The van der Waals surface area contributed by atoms with Gasteiger partial charge in [-0.25, -0.2) is 0 Å². The van der Waals surface area contributed by atoms with E-state index in [2.05, 4.69) is 5.32 Å². The van der Waals surface area contributed by atoms with Crippen molar-refractivity contribution in [2.75, 3.05) is 33.0 Å². The second-order valence-electron chi connectivity index (χ2n) is 7.65. The lowest BCUT2D eigenvalue weighted by molar-refractivity contribution is -0.309. The van der Waals surface area contributed by atoms with E-state index >= 15 is 0 Å². The van der Waals surface area contributed by atoms with Crippen molar-refractivity contribution in [1.82, 2.24) is 5.32 Å². The molecule has 5 atom stereocenters. The third-order valence-electron chi connectivity index (χ3n) is 4.50. The number of ether oxygens (including phenoxy) is 7. The Morgan fingerprint density at radius 2 is 1.37 bits per heavy atom. The van der Waals surface area contributed by atoms with Crippen LogP contribution < -0.4 is 5.32 Å². The molecule has 0 radical (unpaired) electrons. The number of esters is 4. The molecule has 1 rings (SSSR count). The lowest BCUT2D eigenvalue weighted by Crippen LogP contribution is -2.63. The van der Waals surface area contributed by atoms with E-state index < -0.39 is 54.6 Å². The van der Waals surface area contributed by atoms with Crippen LogP contribution in [0.5, 0.6) is 0 Å². The van der Waals surface area contributed by atoms with Gasteiger partial charge >= 0.3 is 23.9 Å². The number of nitrogens with one attached hydrogen (secondary N) is 1. The smallest absolute Gasteiger partial charge is 0.303 e. The highest BCUT2D eigenvalue weighted by Crippen LogP contribution is 2.29. The molecule has 200 valence electrons. The summed E-state index contributed by atoms with van der Waals surface area (Å²) in [7, 11) is 0. The molecule has 35 heavy (non-hydrogen) atoms. The van der Waals surface area contributed by atoms with Gasteiger partial charge in [0, 0.05) is 40.7 Å². The fourth-order valence-corrected chi connectivity index (χ4v) is 3.23. The minimum Gasteiger partial charge on any atom is -0.463 e. The maximum atomic E-state index is 11.8. The number of rotatable bonds is 14. The highest BCUT2D eigenvalue weighted by atomic mass is 16.7. The normalized spacial score (nSPS) is 23.6. The third kappa shape index (κ3) is 12.0. The Hall–Kier alpha value is -2.77. The van der Waals surface area contributed by atoms with E-state index in [9.17, 15) is 24.0 Å². The maximum absolute atomic E-state index is 11.8. The molecule has 0 aromatic heterocycles. The Labute approximate surface area is 204 Å². The van der Waals surface area contributed by atoms with Crippen molar-refractivity contribution in [2.24, 2.45) is 0 Å². The molecule has 0 bridgehead atoms. The van der Waals surface area contributed by atoms with E-state index in [0.29, 0.717) is 13.0 Å². The number of carbonyl (C=O) groups is 5. The van der Waals surface area contributed by atoms with Crippen LogP contribution in [0, 0.1) is 0 Å². The van der Waals surface area contributed by atoms with Crippen molar-refractivity contribution < 1.29 is 57.1 Å². The van der Waals surface area contributed by atoms with E-state index in [0.717, 1.165) is 27.2 Å². The quantitative estimate of drug-likeness (QED) is 0.192. The van der Waals surface area contributed by atoms with Gasteiger partial charge in [-0.1, -0.05) is 6.92 Å². The predicted octanol–water partition coefficient (Wildman–Crippen LogP) is 0.0190. The highest BCUT2D eigenvalue weighted by Gasteiger charge is 2.52. The summed E-state index contributed by atoms with van der Waals surface area (Å²) in [4.78, 5) is 58.0. The predicted molar refractivity (Wildman–Crippen MR) is 117 cm³/mol. The molecule has 0 spiro atoms. The number of carbonyl (C=O) groups excluding carboxylic acids is 5. The first-order valence-electron chi connectivity index (χ1n) is 11.3. The van der Waals surface area contributed by atoms with Crippen LogP contribution in [0.4, 0.5) is 0 Å². The summed E-state index contributed by atoms with van der Waals surface area (Å²) in [5.74, 6) is -2.85. The van der Waals surface area contributed by atoms with Crippen LogP contribution in [0.25, 0.3) is 0 Å². The molecule has 1 N–H and O–H groups in total. The van der Waals surface area contributed by atoms with E-state index in [-0.39, 0.29) is 32.3 Å². The molecule has 1 fully saturated rings. The van der Waals surface area contributed by atoms with Gasteiger partial charge in [0.2, 0.25) is 5.91 Å². The van der Waals surface area contributed by atoms with Gasteiger partial charge in [0.1, 0.15) is 12.7 Å². The zero-order valence-corrected chi connectivity index (χ0v) is 20.7. The lowest BCUT2D eigenvalue weighted by Gasteiger charge is -2.44. The highest BCUT2D eigenvalue weighted by molar-refractivity contribution is 5.75. The molecule has 1 saturated heterocycles. The first kappa shape index (κ1) is 30.3. The molecule has 0 saturated carbocycles. The Balaban J connectivity index is 2.89. The maximum Gasteiger partial charge on any atom is 0.303 e. The van der Waals surface area contributed by atoms with Crippen molar-refractivity contribution in [3.63, 3.8) is 0 Å². The molecule has 1 amide bonds. The van der Waals surface area contributed by atoms with Crippen LogP contribution >= 0.6 is 0 Å². The van der Waals surface area contributed by atoms with Crippen LogP contribution in [-0.4, -0.2) is 93.5 Å². The molecule has 0 unspecified atom stereocenters. The minimum atomic E-state index is -1.30. The monoisotopic (exact) mass is 505 g/mol. The summed E-state index contributed by atoms with van der Waals surface area (Å²) < 4.78 is 37.8. The Morgan fingerprint density at radius 1 is 0.771 bits per heavy atom. The largest absolute Gasteiger partial charge is 0.463 e. The number of amides is 1. The SMILES string of the molecule is CCCC(=O)NCCOCCO[C@@H]1O[C@H](COC(C)=O)[C@@H](OC(C)=O)[C@H](OC(C)=O)[C@H]1OC(C)=O. The molecular weight excluding hydrogens is 470 g/mol. The van der Waals surface area contributed by atoms with Gasteiger partial charge in [0.25, 0.3) is 0 Å². The van der Waals surface area contributed by atoms with Crippen LogP contribution in [-0.2, 0) is 57.1 Å². The second kappa shape index (κ2) is 16.0. The van der Waals surface area contributed by atoms with E-state index in [4.69, 9.17) is 33.2 Å². The molecule has 0 aromatic rings. The summed E-state index contributed by atoms with van der Waals surface area (Å²) in [6.07, 6.45) is -5.00. The van der Waals surface area contributed by atoms with Crippen LogP contribution in [0.15, 0.2) is 0 Å². The van der Waals surface area contributed by atoms with Crippen molar-refractivity contribution in [1.29, 1.82) is 0 Å². The first-order chi connectivity index (χ1) is 16.5.